The maximum absolute atomic E-state index is 5.81. The lowest BCUT2D eigenvalue weighted by molar-refractivity contribution is 0.271. The Morgan fingerprint density at radius 3 is 2.88 bits per heavy atom. The maximum atomic E-state index is 5.81. The number of halogens is 1. The Morgan fingerprint density at radius 2 is 2.29 bits per heavy atom. The largest absolute Gasteiger partial charge is 0.330 e. The molecule has 1 aromatic rings. The van der Waals surface area contributed by atoms with Gasteiger partial charge in [-0.3, -0.25) is 9.88 Å². The summed E-state index contributed by atoms with van der Waals surface area (Å²) >= 11 is 0. The van der Waals surface area contributed by atoms with E-state index in [9.17, 15) is 0 Å². The van der Waals surface area contributed by atoms with Gasteiger partial charge in [-0.25, -0.2) is 0 Å². The molecule has 0 spiro atoms. The molecule has 0 aromatic carbocycles. The number of pyridine rings is 1. The average Bonchev–Trinajstić information content (AvgIpc) is 2.65. The van der Waals surface area contributed by atoms with Crippen molar-refractivity contribution in [2.24, 2.45) is 11.1 Å². The number of aromatic nitrogens is 1. The molecule has 2 N–H and O–H groups in total. The van der Waals surface area contributed by atoms with Crippen LogP contribution in [0.25, 0.3) is 0 Å². The fourth-order valence-electron chi connectivity index (χ4n) is 2.32. The summed E-state index contributed by atoms with van der Waals surface area (Å²) in [6, 6.07) is 4.12. The summed E-state index contributed by atoms with van der Waals surface area (Å²) in [5.41, 5.74) is 8.60. The molecular formula is C13H22ClN3. The highest BCUT2D eigenvalue weighted by Gasteiger charge is 2.32. The van der Waals surface area contributed by atoms with E-state index in [1.807, 2.05) is 12.3 Å². The van der Waals surface area contributed by atoms with Crippen LogP contribution in [0.5, 0.6) is 0 Å². The van der Waals surface area contributed by atoms with Crippen LogP contribution in [0.2, 0.25) is 0 Å². The molecular weight excluding hydrogens is 234 g/mol. The van der Waals surface area contributed by atoms with Crippen molar-refractivity contribution >= 4 is 12.4 Å². The van der Waals surface area contributed by atoms with Crippen molar-refractivity contribution in [3.05, 3.63) is 29.6 Å². The zero-order valence-electron chi connectivity index (χ0n) is 10.6. The van der Waals surface area contributed by atoms with E-state index in [0.717, 1.165) is 26.2 Å². The molecule has 1 aromatic heterocycles. The molecule has 0 aliphatic carbocycles. The Hall–Kier alpha value is -0.640. The maximum Gasteiger partial charge on any atom is 0.0573 e. The fourth-order valence-corrected chi connectivity index (χ4v) is 2.32. The first-order chi connectivity index (χ1) is 7.63. The number of rotatable bonds is 3. The van der Waals surface area contributed by atoms with Gasteiger partial charge in [0, 0.05) is 19.3 Å². The zero-order chi connectivity index (χ0) is 11.6. The van der Waals surface area contributed by atoms with E-state index in [-0.39, 0.29) is 12.4 Å². The first-order valence-electron chi connectivity index (χ1n) is 5.96. The summed E-state index contributed by atoms with van der Waals surface area (Å²) in [5.74, 6) is 0. The lowest BCUT2D eigenvalue weighted by atomic mass is 9.90. The number of likely N-dealkylation sites (tertiary alicyclic amines) is 1. The van der Waals surface area contributed by atoms with E-state index in [0.29, 0.717) is 5.41 Å². The van der Waals surface area contributed by atoms with Gasteiger partial charge in [-0.2, -0.15) is 0 Å². The van der Waals surface area contributed by atoms with E-state index < -0.39 is 0 Å². The minimum Gasteiger partial charge on any atom is -0.330 e. The van der Waals surface area contributed by atoms with Crippen LogP contribution >= 0.6 is 12.4 Å². The summed E-state index contributed by atoms with van der Waals surface area (Å²) in [7, 11) is 0. The molecule has 1 fully saturated rings. The minimum atomic E-state index is 0. The Bertz CT molecular complexity index is 369. The van der Waals surface area contributed by atoms with Crippen molar-refractivity contribution in [1.29, 1.82) is 0 Å². The molecule has 4 heteroatoms. The van der Waals surface area contributed by atoms with Gasteiger partial charge in [0.15, 0.2) is 0 Å². The van der Waals surface area contributed by atoms with Crippen LogP contribution in [-0.4, -0.2) is 29.5 Å². The molecule has 96 valence electrons. The molecule has 1 unspecified atom stereocenters. The number of aryl methyl sites for hydroxylation is 1. The van der Waals surface area contributed by atoms with Gasteiger partial charge in [0.05, 0.1) is 5.69 Å². The second kappa shape index (κ2) is 5.80. The summed E-state index contributed by atoms with van der Waals surface area (Å²) < 4.78 is 0. The lowest BCUT2D eigenvalue weighted by Crippen LogP contribution is -2.31. The van der Waals surface area contributed by atoms with Crippen molar-refractivity contribution in [3.63, 3.8) is 0 Å². The predicted molar refractivity (Wildman–Crippen MR) is 73.3 cm³/mol. The Kier molecular flexibility index (Phi) is 4.92. The second-order valence-corrected chi connectivity index (χ2v) is 5.24. The molecule has 2 heterocycles. The molecule has 1 aliphatic heterocycles. The van der Waals surface area contributed by atoms with Gasteiger partial charge in [-0.05, 0) is 43.5 Å². The van der Waals surface area contributed by atoms with Crippen molar-refractivity contribution in [1.82, 2.24) is 9.88 Å². The topological polar surface area (TPSA) is 42.2 Å². The summed E-state index contributed by atoms with van der Waals surface area (Å²) in [4.78, 5) is 6.90. The SMILES string of the molecule is Cc1cccnc1CN1CCC(C)(CN)C1.Cl. The van der Waals surface area contributed by atoms with Gasteiger partial charge in [0.25, 0.3) is 0 Å². The first-order valence-corrected chi connectivity index (χ1v) is 5.96. The van der Waals surface area contributed by atoms with Crippen LogP contribution in [0.15, 0.2) is 18.3 Å². The Morgan fingerprint density at radius 1 is 1.53 bits per heavy atom. The third kappa shape index (κ3) is 3.41. The third-order valence-electron chi connectivity index (χ3n) is 3.62. The summed E-state index contributed by atoms with van der Waals surface area (Å²) in [6.07, 6.45) is 3.08. The second-order valence-electron chi connectivity index (χ2n) is 5.24. The molecule has 2 rings (SSSR count). The number of hydrogen-bond acceptors (Lipinski definition) is 3. The molecule has 17 heavy (non-hydrogen) atoms. The van der Waals surface area contributed by atoms with Crippen LogP contribution in [0.1, 0.15) is 24.6 Å². The van der Waals surface area contributed by atoms with Gasteiger partial charge >= 0.3 is 0 Å². The van der Waals surface area contributed by atoms with Crippen LogP contribution in [0.4, 0.5) is 0 Å². The number of nitrogens with zero attached hydrogens (tertiary/aromatic N) is 2. The summed E-state index contributed by atoms with van der Waals surface area (Å²) in [6.45, 7) is 8.38. The van der Waals surface area contributed by atoms with Gasteiger partial charge in [-0.1, -0.05) is 13.0 Å². The molecule has 1 atom stereocenters. The first kappa shape index (κ1) is 14.4. The predicted octanol–water partition coefficient (Wildman–Crippen LogP) is 1.98. The molecule has 0 bridgehead atoms. The van der Waals surface area contributed by atoms with Gasteiger partial charge in [0.1, 0.15) is 0 Å². The molecule has 0 radical (unpaired) electrons. The van der Waals surface area contributed by atoms with Crippen molar-refractivity contribution < 1.29 is 0 Å². The Labute approximate surface area is 110 Å². The average molecular weight is 256 g/mol. The van der Waals surface area contributed by atoms with E-state index >= 15 is 0 Å². The van der Waals surface area contributed by atoms with Crippen molar-refractivity contribution in [2.45, 2.75) is 26.8 Å². The van der Waals surface area contributed by atoms with Crippen molar-refractivity contribution in [3.8, 4) is 0 Å². The van der Waals surface area contributed by atoms with Gasteiger partial charge in [-0.15, -0.1) is 12.4 Å². The van der Waals surface area contributed by atoms with Crippen LogP contribution in [0.3, 0.4) is 0 Å². The highest BCUT2D eigenvalue weighted by Crippen LogP contribution is 2.29. The molecule has 0 saturated carbocycles. The van der Waals surface area contributed by atoms with Gasteiger partial charge in [0.2, 0.25) is 0 Å². The number of hydrogen-bond donors (Lipinski definition) is 1. The van der Waals surface area contributed by atoms with E-state index in [1.54, 1.807) is 0 Å². The van der Waals surface area contributed by atoms with Crippen LogP contribution < -0.4 is 5.73 Å². The number of nitrogens with two attached hydrogens (primary N) is 1. The van der Waals surface area contributed by atoms with E-state index in [4.69, 9.17) is 5.73 Å². The molecule has 0 amide bonds. The zero-order valence-corrected chi connectivity index (χ0v) is 11.5. The standard InChI is InChI=1S/C13H21N3.ClH/c1-11-4-3-6-15-12(11)8-16-7-5-13(2,9-14)10-16;/h3-4,6H,5,7-10,14H2,1-2H3;1H. The minimum absolute atomic E-state index is 0. The van der Waals surface area contributed by atoms with Gasteiger partial charge < -0.3 is 5.73 Å². The fraction of sp³-hybridized carbons (Fsp3) is 0.615. The highest BCUT2D eigenvalue weighted by atomic mass is 35.5. The van der Waals surface area contributed by atoms with E-state index in [1.165, 1.54) is 17.7 Å². The molecule has 1 aliphatic rings. The molecule has 3 nitrogen and oxygen atoms in total. The molecule has 1 saturated heterocycles. The quantitative estimate of drug-likeness (QED) is 0.898. The normalized spacial score (nSPS) is 24.6. The van der Waals surface area contributed by atoms with E-state index in [2.05, 4.69) is 29.8 Å². The summed E-state index contributed by atoms with van der Waals surface area (Å²) in [5, 5.41) is 0. The lowest BCUT2D eigenvalue weighted by Gasteiger charge is -2.22. The Balaban J connectivity index is 0.00000144. The van der Waals surface area contributed by atoms with Crippen LogP contribution in [-0.2, 0) is 6.54 Å². The highest BCUT2D eigenvalue weighted by molar-refractivity contribution is 5.85. The smallest absolute Gasteiger partial charge is 0.0573 e. The van der Waals surface area contributed by atoms with Crippen LogP contribution in [0, 0.1) is 12.3 Å². The monoisotopic (exact) mass is 255 g/mol. The third-order valence-corrected chi connectivity index (χ3v) is 3.62. The van der Waals surface area contributed by atoms with Crippen molar-refractivity contribution in [2.75, 3.05) is 19.6 Å².